The van der Waals surface area contributed by atoms with E-state index in [-0.39, 0.29) is 18.7 Å². The van der Waals surface area contributed by atoms with Crippen molar-refractivity contribution in [1.82, 2.24) is 5.32 Å². The quantitative estimate of drug-likeness (QED) is 0.549. The van der Waals surface area contributed by atoms with Crippen molar-refractivity contribution < 1.29 is 24.9 Å². The maximum atomic E-state index is 10.8. The van der Waals surface area contributed by atoms with Gasteiger partial charge in [-0.15, -0.1) is 0 Å². The van der Waals surface area contributed by atoms with Gasteiger partial charge in [0.15, 0.2) is 0 Å². The third kappa shape index (κ3) is 5.11. The molecule has 0 aromatic rings. The highest BCUT2D eigenvalue weighted by atomic mass is 16.4. The molecule has 0 radical (unpaired) electrons. The van der Waals surface area contributed by atoms with Crippen LogP contribution in [-0.4, -0.2) is 40.5 Å². The SMILES string of the molecule is CC1(C(=O)O)C=CC=C(C(=O)O)C1.CCNCO. The fraction of sp³-hybridized carbons (Fsp3) is 0.500. The van der Waals surface area contributed by atoms with Crippen LogP contribution in [0.1, 0.15) is 20.3 Å². The van der Waals surface area contributed by atoms with E-state index in [1.54, 1.807) is 0 Å². The Morgan fingerprint density at radius 1 is 1.44 bits per heavy atom. The zero-order chi connectivity index (χ0) is 14.2. The van der Waals surface area contributed by atoms with Crippen LogP contribution in [0, 0.1) is 5.41 Å². The minimum Gasteiger partial charge on any atom is -0.481 e. The van der Waals surface area contributed by atoms with Crippen LogP contribution in [0.15, 0.2) is 23.8 Å². The Morgan fingerprint density at radius 3 is 2.39 bits per heavy atom. The van der Waals surface area contributed by atoms with Gasteiger partial charge in [-0.05, 0) is 19.9 Å². The number of nitrogens with one attached hydrogen (secondary N) is 1. The van der Waals surface area contributed by atoms with Crippen LogP contribution in [0.5, 0.6) is 0 Å². The third-order valence-corrected chi connectivity index (χ3v) is 2.44. The molecule has 6 heteroatoms. The molecule has 0 bridgehead atoms. The molecule has 0 aliphatic heterocycles. The first-order valence-corrected chi connectivity index (χ1v) is 5.54. The van der Waals surface area contributed by atoms with Crippen LogP contribution >= 0.6 is 0 Å². The van der Waals surface area contributed by atoms with Gasteiger partial charge in [-0.3, -0.25) is 10.1 Å². The van der Waals surface area contributed by atoms with Gasteiger partial charge in [0.05, 0.1) is 12.1 Å². The molecule has 0 amide bonds. The Kier molecular flexibility index (Phi) is 6.92. The lowest BCUT2D eigenvalue weighted by molar-refractivity contribution is -0.145. The number of aliphatic carboxylic acids is 2. The lowest BCUT2D eigenvalue weighted by Crippen LogP contribution is -2.28. The number of carbonyl (C=O) groups is 2. The van der Waals surface area contributed by atoms with Crippen LogP contribution in [0.3, 0.4) is 0 Å². The van der Waals surface area contributed by atoms with E-state index >= 15 is 0 Å². The second kappa shape index (κ2) is 7.62. The molecule has 1 atom stereocenters. The topological polar surface area (TPSA) is 107 Å². The number of rotatable bonds is 4. The lowest BCUT2D eigenvalue weighted by atomic mass is 9.80. The number of allylic oxidation sites excluding steroid dienone is 2. The molecule has 1 unspecified atom stereocenters. The van der Waals surface area contributed by atoms with Gasteiger partial charge in [0.2, 0.25) is 0 Å². The average Bonchev–Trinajstić information content (AvgIpc) is 2.30. The van der Waals surface area contributed by atoms with E-state index < -0.39 is 17.4 Å². The molecule has 1 aliphatic rings. The summed E-state index contributed by atoms with van der Waals surface area (Å²) in [6.07, 6.45) is 4.43. The zero-order valence-electron chi connectivity index (χ0n) is 10.5. The minimum absolute atomic E-state index is 0.0359. The lowest BCUT2D eigenvalue weighted by Gasteiger charge is -2.23. The number of aliphatic hydroxyl groups is 1. The van der Waals surface area contributed by atoms with E-state index in [1.165, 1.54) is 25.2 Å². The van der Waals surface area contributed by atoms with Crippen LogP contribution in [0.2, 0.25) is 0 Å². The number of carboxylic acid groups (broad SMARTS) is 2. The number of carboxylic acids is 2. The van der Waals surface area contributed by atoms with E-state index in [0.29, 0.717) is 0 Å². The highest BCUT2D eigenvalue weighted by Gasteiger charge is 2.34. The van der Waals surface area contributed by atoms with E-state index in [1.807, 2.05) is 6.92 Å². The molecule has 0 fully saturated rings. The summed E-state index contributed by atoms with van der Waals surface area (Å²) in [4.78, 5) is 21.3. The Balaban J connectivity index is 0.000000494. The van der Waals surface area contributed by atoms with Gasteiger partial charge in [0, 0.05) is 5.57 Å². The summed E-state index contributed by atoms with van der Waals surface area (Å²) in [5.74, 6) is -2.06. The monoisotopic (exact) mass is 257 g/mol. The second-order valence-electron chi connectivity index (χ2n) is 4.02. The normalized spacial score (nSPS) is 21.6. The number of hydrogen-bond acceptors (Lipinski definition) is 4. The Morgan fingerprint density at radius 2 is 2.06 bits per heavy atom. The molecule has 4 N–H and O–H groups in total. The first-order chi connectivity index (χ1) is 8.37. The van der Waals surface area contributed by atoms with E-state index in [9.17, 15) is 9.59 Å². The van der Waals surface area contributed by atoms with Crippen molar-refractivity contribution in [3.8, 4) is 0 Å². The summed E-state index contributed by atoms with van der Waals surface area (Å²) < 4.78 is 0. The Hall–Kier alpha value is -1.66. The van der Waals surface area contributed by atoms with Crippen molar-refractivity contribution in [2.24, 2.45) is 5.41 Å². The summed E-state index contributed by atoms with van der Waals surface area (Å²) in [7, 11) is 0. The average molecular weight is 257 g/mol. The van der Waals surface area contributed by atoms with Gasteiger partial charge in [-0.2, -0.15) is 0 Å². The predicted octanol–water partition coefficient (Wildman–Crippen LogP) is 0.594. The van der Waals surface area contributed by atoms with Gasteiger partial charge < -0.3 is 15.3 Å². The third-order valence-electron chi connectivity index (χ3n) is 2.44. The molecule has 0 saturated carbocycles. The molecule has 6 nitrogen and oxygen atoms in total. The molecule has 1 rings (SSSR count). The van der Waals surface area contributed by atoms with Crippen molar-refractivity contribution in [3.63, 3.8) is 0 Å². The highest BCUT2D eigenvalue weighted by Crippen LogP contribution is 2.31. The van der Waals surface area contributed by atoms with Gasteiger partial charge in [0.25, 0.3) is 0 Å². The van der Waals surface area contributed by atoms with Crippen molar-refractivity contribution in [1.29, 1.82) is 0 Å². The number of hydrogen-bond donors (Lipinski definition) is 4. The Labute approximate surface area is 106 Å². The van der Waals surface area contributed by atoms with E-state index in [2.05, 4.69) is 5.32 Å². The van der Waals surface area contributed by atoms with E-state index in [4.69, 9.17) is 15.3 Å². The molecule has 0 aromatic heterocycles. The van der Waals surface area contributed by atoms with Crippen LogP contribution in [0.4, 0.5) is 0 Å². The van der Waals surface area contributed by atoms with Gasteiger partial charge in [-0.1, -0.05) is 25.2 Å². The van der Waals surface area contributed by atoms with Crippen LogP contribution in [-0.2, 0) is 9.59 Å². The van der Waals surface area contributed by atoms with Gasteiger partial charge >= 0.3 is 11.9 Å². The molecular weight excluding hydrogens is 238 g/mol. The molecule has 0 saturated heterocycles. The van der Waals surface area contributed by atoms with Crippen molar-refractivity contribution in [2.75, 3.05) is 13.3 Å². The zero-order valence-corrected chi connectivity index (χ0v) is 10.5. The van der Waals surface area contributed by atoms with Crippen molar-refractivity contribution in [2.45, 2.75) is 20.3 Å². The first-order valence-electron chi connectivity index (χ1n) is 5.54. The van der Waals surface area contributed by atoms with Gasteiger partial charge in [0.1, 0.15) is 0 Å². The molecule has 1 aliphatic carbocycles. The molecule has 0 aromatic carbocycles. The fourth-order valence-electron chi connectivity index (χ4n) is 1.30. The van der Waals surface area contributed by atoms with Crippen LogP contribution in [0.25, 0.3) is 0 Å². The van der Waals surface area contributed by atoms with Crippen molar-refractivity contribution in [3.05, 3.63) is 23.8 Å². The maximum Gasteiger partial charge on any atom is 0.331 e. The standard InChI is InChI=1S/C9H10O4.C3H9NO/c1-9(8(12)13)4-2-3-6(5-9)7(10)11;1-2-4-3-5/h2-4H,5H2,1H3,(H,10,11)(H,12,13);4-5H,2-3H2,1H3. The minimum atomic E-state index is -1.08. The fourth-order valence-corrected chi connectivity index (χ4v) is 1.30. The summed E-state index contributed by atoms with van der Waals surface area (Å²) in [6, 6.07) is 0. The second-order valence-corrected chi connectivity index (χ2v) is 4.02. The predicted molar refractivity (Wildman–Crippen MR) is 66.0 cm³/mol. The molecule has 0 spiro atoms. The highest BCUT2D eigenvalue weighted by molar-refractivity contribution is 5.90. The smallest absolute Gasteiger partial charge is 0.331 e. The Bertz CT molecular complexity index is 359. The molecule has 0 heterocycles. The van der Waals surface area contributed by atoms with E-state index in [0.717, 1.165) is 6.54 Å². The maximum absolute atomic E-state index is 10.8. The number of aliphatic hydroxyl groups excluding tert-OH is 1. The first kappa shape index (κ1) is 16.3. The van der Waals surface area contributed by atoms with Crippen LogP contribution < -0.4 is 5.32 Å². The van der Waals surface area contributed by atoms with Crippen molar-refractivity contribution >= 4 is 11.9 Å². The largest absolute Gasteiger partial charge is 0.481 e. The molecule has 18 heavy (non-hydrogen) atoms. The summed E-state index contributed by atoms with van der Waals surface area (Å²) >= 11 is 0. The molecular formula is C12H19NO5. The summed E-state index contributed by atoms with van der Waals surface area (Å²) in [5, 5.41) is 28.1. The molecule has 102 valence electrons. The summed E-state index contributed by atoms with van der Waals surface area (Å²) in [6.45, 7) is 4.38. The van der Waals surface area contributed by atoms with Gasteiger partial charge in [-0.25, -0.2) is 4.79 Å². The summed E-state index contributed by atoms with van der Waals surface area (Å²) in [5.41, 5.74) is -0.949.